The zero-order valence-corrected chi connectivity index (χ0v) is 24.2. The molecule has 1 aliphatic heterocycles. The van der Waals surface area contributed by atoms with Crippen molar-refractivity contribution in [3.63, 3.8) is 0 Å². The first-order valence-corrected chi connectivity index (χ1v) is 13.9. The number of anilines is 1. The van der Waals surface area contributed by atoms with Crippen molar-refractivity contribution < 1.29 is 38.6 Å². The van der Waals surface area contributed by atoms with Crippen LogP contribution in [-0.4, -0.2) is 58.5 Å². The number of β-lactam (4-membered cyclic amide) rings is 1. The van der Waals surface area contributed by atoms with E-state index in [1.807, 2.05) is 6.07 Å². The van der Waals surface area contributed by atoms with Gasteiger partial charge in [0.05, 0.1) is 18.7 Å². The number of amides is 2. The topological polar surface area (TPSA) is 158 Å². The van der Waals surface area contributed by atoms with E-state index in [1.54, 1.807) is 56.5 Å². The van der Waals surface area contributed by atoms with Crippen LogP contribution in [0, 0.1) is 5.21 Å². The summed E-state index contributed by atoms with van der Waals surface area (Å²) in [5, 5.41) is 23.2. The average Bonchev–Trinajstić information content (AvgIpc) is 2.97. The minimum Gasteiger partial charge on any atom is -0.733 e. The van der Waals surface area contributed by atoms with E-state index in [0.29, 0.717) is 16.9 Å². The summed E-state index contributed by atoms with van der Waals surface area (Å²) in [5.41, 5.74) is 1.08. The normalized spacial score (nSPS) is 15.9. The van der Waals surface area contributed by atoms with Crippen molar-refractivity contribution in [3.05, 3.63) is 88.1 Å². The maximum absolute atomic E-state index is 13.3. The molecule has 0 bridgehead atoms. The number of ether oxygens (including phenoxy) is 3. The van der Waals surface area contributed by atoms with Gasteiger partial charge in [-0.25, -0.2) is 4.79 Å². The quantitative estimate of drug-likeness (QED) is 0.142. The lowest BCUT2D eigenvalue weighted by molar-refractivity contribution is -0.153. The summed E-state index contributed by atoms with van der Waals surface area (Å²) in [7, 11) is 0. The minimum absolute atomic E-state index is 0.0133. The second-order valence-corrected chi connectivity index (χ2v) is 10.2. The maximum Gasteiger partial charge on any atom is 0.355 e. The summed E-state index contributed by atoms with van der Waals surface area (Å²) in [6.07, 6.45) is 1.58. The van der Waals surface area contributed by atoms with Gasteiger partial charge >= 0.3 is 11.9 Å². The Hall–Kier alpha value is -4.33. The molecule has 2 aromatic carbocycles. The van der Waals surface area contributed by atoms with Crippen LogP contribution in [0.3, 0.4) is 0 Å². The molecule has 2 amide bonds. The summed E-state index contributed by atoms with van der Waals surface area (Å²) in [5.74, 6) is -1.73. The third kappa shape index (κ3) is 8.83. The number of thioether (sulfide) groups is 1. The molecule has 12 nitrogen and oxygen atoms in total. The number of hydrogen-bond acceptors (Lipinski definition) is 11. The van der Waals surface area contributed by atoms with E-state index in [0.717, 1.165) is 11.8 Å². The van der Waals surface area contributed by atoms with Gasteiger partial charge in [0.15, 0.2) is 6.61 Å². The molecule has 1 saturated heterocycles. The average molecular weight is 599 g/mol. The van der Waals surface area contributed by atoms with Gasteiger partial charge in [0, 0.05) is 0 Å². The molecule has 2 atom stereocenters. The molecule has 0 saturated carbocycles. The molecule has 2 unspecified atom stereocenters. The summed E-state index contributed by atoms with van der Waals surface area (Å²) in [6.45, 7) is 4.78. The zero-order valence-electron chi connectivity index (χ0n) is 23.3. The van der Waals surface area contributed by atoms with Crippen LogP contribution < -0.4 is 15.3 Å². The fourth-order valence-corrected chi connectivity index (χ4v) is 4.88. The van der Waals surface area contributed by atoms with Crippen molar-refractivity contribution in [1.82, 2.24) is 10.2 Å². The van der Waals surface area contributed by atoms with E-state index in [4.69, 9.17) is 19.4 Å². The van der Waals surface area contributed by atoms with Crippen LogP contribution in [0.4, 0.5) is 5.69 Å². The lowest BCUT2D eigenvalue weighted by Crippen LogP contribution is -2.69. The highest BCUT2D eigenvalue weighted by atomic mass is 32.2. The van der Waals surface area contributed by atoms with E-state index in [9.17, 15) is 24.4 Å². The van der Waals surface area contributed by atoms with Crippen molar-refractivity contribution in [1.29, 1.82) is 0 Å². The number of nitrogens with one attached hydrogen (secondary N) is 1. The number of carbonyl (C=O) groups excluding carboxylic acids is 4. The smallest absolute Gasteiger partial charge is 0.355 e. The fourth-order valence-electron chi connectivity index (χ4n) is 3.84. The number of nitrogens with zero attached hydrogens (tertiary/aromatic N) is 2. The van der Waals surface area contributed by atoms with E-state index >= 15 is 0 Å². The van der Waals surface area contributed by atoms with Gasteiger partial charge in [0.2, 0.25) is 0 Å². The molecule has 42 heavy (non-hydrogen) atoms. The number of rotatable bonds is 14. The molecule has 0 spiro atoms. The SMILES string of the molecule is CCOC(=O)C/C=C/SC1C(NC(=O)COc2ccccc2)C(=O)N1C(C(=O)OCc1ccc(N([O-])O)cc1)=C(C)C. The minimum atomic E-state index is -0.975. The Labute approximate surface area is 247 Å². The van der Waals surface area contributed by atoms with Gasteiger partial charge in [-0.2, -0.15) is 0 Å². The van der Waals surface area contributed by atoms with E-state index in [-0.39, 0.29) is 42.9 Å². The summed E-state index contributed by atoms with van der Waals surface area (Å²) >= 11 is 1.14. The molecular weight excluding hydrogens is 566 g/mol. The van der Waals surface area contributed by atoms with Crippen LogP contribution in [0.25, 0.3) is 0 Å². The Morgan fingerprint density at radius 2 is 1.79 bits per heavy atom. The predicted molar refractivity (Wildman–Crippen MR) is 155 cm³/mol. The van der Waals surface area contributed by atoms with Gasteiger partial charge in [0.1, 0.15) is 29.5 Å². The van der Waals surface area contributed by atoms with Gasteiger partial charge in [-0.3, -0.25) is 24.5 Å². The number of benzene rings is 2. The molecular formula is C29H32N3O9S-. The van der Waals surface area contributed by atoms with Crippen molar-refractivity contribution >= 4 is 41.2 Å². The highest BCUT2D eigenvalue weighted by molar-refractivity contribution is 8.02. The molecule has 0 radical (unpaired) electrons. The van der Waals surface area contributed by atoms with Crippen LogP contribution in [0.1, 0.15) is 32.8 Å². The van der Waals surface area contributed by atoms with Crippen LogP contribution in [0.15, 0.2) is 77.4 Å². The second kappa shape index (κ2) is 15.6. The fraction of sp³-hybridized carbons (Fsp3) is 0.310. The Kier molecular flexibility index (Phi) is 12.0. The monoisotopic (exact) mass is 598 g/mol. The van der Waals surface area contributed by atoms with Gasteiger partial charge in [-0.15, -0.1) is 11.8 Å². The van der Waals surface area contributed by atoms with Crippen LogP contribution in [0.2, 0.25) is 0 Å². The maximum atomic E-state index is 13.3. The predicted octanol–water partition coefficient (Wildman–Crippen LogP) is 3.65. The van der Waals surface area contributed by atoms with Gasteiger partial charge in [0.25, 0.3) is 11.8 Å². The number of carbonyl (C=O) groups is 4. The van der Waals surface area contributed by atoms with Crippen molar-refractivity contribution in [2.45, 2.75) is 45.2 Å². The summed E-state index contributed by atoms with van der Waals surface area (Å²) in [6, 6.07) is 13.5. The molecule has 3 rings (SSSR count). The van der Waals surface area contributed by atoms with Gasteiger partial charge in [-0.05, 0) is 61.6 Å². The van der Waals surface area contributed by atoms with Crippen molar-refractivity contribution in [2.24, 2.45) is 0 Å². The van der Waals surface area contributed by atoms with Crippen molar-refractivity contribution in [2.75, 3.05) is 18.4 Å². The lowest BCUT2D eigenvalue weighted by Gasteiger charge is -2.46. The van der Waals surface area contributed by atoms with E-state index in [1.165, 1.54) is 29.2 Å². The molecule has 1 aliphatic rings. The molecule has 2 aromatic rings. The summed E-state index contributed by atoms with van der Waals surface area (Å²) < 4.78 is 15.8. The molecule has 2 N–H and O–H groups in total. The standard InChI is InChI=1S/C29H32N3O9S/c1-4-39-24(34)11-8-16-42-28-25(30-23(33)18-40-22-9-6-5-7-10-22)27(35)31(28)26(19(2)3)29(36)41-17-20-12-14-21(15-13-20)32(37)38/h5-10,12-16,25,28,37H,4,11,17-18H2,1-3H3,(H,30,33)/q-1/b16-8+. The van der Waals surface area contributed by atoms with Crippen LogP contribution >= 0.6 is 11.8 Å². The summed E-state index contributed by atoms with van der Waals surface area (Å²) in [4.78, 5) is 52.0. The van der Waals surface area contributed by atoms with Crippen molar-refractivity contribution in [3.8, 4) is 5.75 Å². The first-order valence-electron chi connectivity index (χ1n) is 13.0. The Morgan fingerprint density at radius 3 is 2.40 bits per heavy atom. The van der Waals surface area contributed by atoms with Crippen LogP contribution in [0.5, 0.6) is 5.75 Å². The number of esters is 2. The molecule has 0 aliphatic carbocycles. The highest BCUT2D eigenvalue weighted by Gasteiger charge is 2.51. The largest absolute Gasteiger partial charge is 0.733 e. The van der Waals surface area contributed by atoms with Gasteiger partial charge in [-0.1, -0.05) is 36.4 Å². The third-order valence-electron chi connectivity index (χ3n) is 5.81. The van der Waals surface area contributed by atoms with Crippen LogP contribution in [-0.2, 0) is 35.3 Å². The lowest BCUT2D eigenvalue weighted by atomic mass is 10.0. The Morgan fingerprint density at radius 1 is 1.10 bits per heavy atom. The molecule has 13 heteroatoms. The second-order valence-electron chi connectivity index (χ2n) is 9.13. The number of hydrogen-bond donors (Lipinski definition) is 2. The number of allylic oxidation sites excluding steroid dienone is 1. The number of para-hydroxylation sites is 1. The molecule has 1 fully saturated rings. The Balaban J connectivity index is 1.72. The Bertz CT molecular complexity index is 1310. The van der Waals surface area contributed by atoms with E-state index in [2.05, 4.69) is 5.32 Å². The molecule has 1 heterocycles. The third-order valence-corrected chi connectivity index (χ3v) is 6.92. The van der Waals surface area contributed by atoms with Gasteiger partial charge < -0.3 is 30.0 Å². The number of likely N-dealkylation sites (tertiary alicyclic amines) is 1. The van der Waals surface area contributed by atoms with E-state index < -0.39 is 35.2 Å². The first-order chi connectivity index (χ1) is 20.1. The molecule has 0 aromatic heterocycles. The highest BCUT2D eigenvalue weighted by Crippen LogP contribution is 2.36. The molecule has 224 valence electrons. The zero-order chi connectivity index (χ0) is 30.6. The first kappa shape index (κ1) is 32.2.